The lowest BCUT2D eigenvalue weighted by Crippen LogP contribution is -2.12. The summed E-state index contributed by atoms with van der Waals surface area (Å²) in [5.41, 5.74) is 10.6. The molecule has 0 aliphatic rings. The van der Waals surface area contributed by atoms with Crippen molar-refractivity contribution in [2.24, 2.45) is 0 Å². The highest BCUT2D eigenvalue weighted by molar-refractivity contribution is 7.98. The summed E-state index contributed by atoms with van der Waals surface area (Å²) >= 11 is 3.06. The Morgan fingerprint density at radius 3 is 2.79 bits per heavy atom. The van der Waals surface area contributed by atoms with Gasteiger partial charge in [0.15, 0.2) is 5.16 Å². The summed E-state index contributed by atoms with van der Waals surface area (Å²) in [7, 11) is 1.64. The molecule has 4 aromatic rings. The van der Waals surface area contributed by atoms with Gasteiger partial charge in [0.25, 0.3) is 5.91 Å². The highest BCUT2D eigenvalue weighted by atomic mass is 32.2. The van der Waals surface area contributed by atoms with Gasteiger partial charge in [0.2, 0.25) is 0 Å². The Morgan fingerprint density at radius 2 is 2.07 bits per heavy atom. The number of carbonyl (C=O) groups is 1. The van der Waals surface area contributed by atoms with Gasteiger partial charge in [0.05, 0.1) is 29.5 Å². The highest BCUT2D eigenvalue weighted by Crippen LogP contribution is 2.26. The number of anilines is 2. The number of benzene rings is 2. The van der Waals surface area contributed by atoms with Crippen LogP contribution >= 0.6 is 23.1 Å². The van der Waals surface area contributed by atoms with Crippen LogP contribution in [0.4, 0.5) is 11.4 Å². The van der Waals surface area contributed by atoms with Crippen LogP contribution in [0.3, 0.4) is 0 Å². The molecule has 2 aromatic heterocycles. The van der Waals surface area contributed by atoms with Crippen molar-refractivity contribution in [3.63, 3.8) is 0 Å². The van der Waals surface area contributed by atoms with Gasteiger partial charge in [-0.2, -0.15) is 0 Å². The molecular formula is C20H18N4O2S2. The van der Waals surface area contributed by atoms with E-state index in [9.17, 15) is 4.79 Å². The Bertz CT molecular complexity index is 1120. The smallest absolute Gasteiger partial charge is 0.255 e. The molecule has 0 atom stereocenters. The third kappa shape index (κ3) is 3.97. The summed E-state index contributed by atoms with van der Waals surface area (Å²) in [4.78, 5) is 20.2. The van der Waals surface area contributed by atoms with Gasteiger partial charge in [0, 0.05) is 28.1 Å². The summed E-state index contributed by atoms with van der Waals surface area (Å²) in [5, 5.41) is 7.29. The zero-order chi connectivity index (χ0) is 19.5. The van der Waals surface area contributed by atoms with E-state index in [1.165, 1.54) is 11.3 Å². The second kappa shape index (κ2) is 7.95. The number of nitrogens with one attached hydrogen (secondary N) is 2. The van der Waals surface area contributed by atoms with E-state index in [1.54, 1.807) is 24.3 Å². The molecule has 28 heavy (non-hydrogen) atoms. The molecule has 8 heteroatoms. The van der Waals surface area contributed by atoms with E-state index in [0.717, 1.165) is 33.3 Å². The van der Waals surface area contributed by atoms with E-state index in [4.69, 9.17) is 10.5 Å². The largest absolute Gasteiger partial charge is 0.497 e. The lowest BCUT2D eigenvalue weighted by atomic mass is 10.1. The van der Waals surface area contributed by atoms with Crippen LogP contribution in [0.2, 0.25) is 0 Å². The Hall–Kier alpha value is -2.97. The van der Waals surface area contributed by atoms with E-state index in [0.29, 0.717) is 16.9 Å². The number of carbonyl (C=O) groups excluding carboxylic acids is 1. The number of rotatable bonds is 6. The molecule has 4 N–H and O–H groups in total. The van der Waals surface area contributed by atoms with Gasteiger partial charge in [-0.15, -0.1) is 11.3 Å². The van der Waals surface area contributed by atoms with Crippen molar-refractivity contribution >= 4 is 51.4 Å². The number of hydrogen-bond donors (Lipinski definition) is 3. The lowest BCUT2D eigenvalue weighted by Gasteiger charge is -2.05. The Kier molecular flexibility index (Phi) is 5.23. The summed E-state index contributed by atoms with van der Waals surface area (Å²) < 4.78 is 5.23. The van der Waals surface area contributed by atoms with Crippen LogP contribution in [0.15, 0.2) is 58.4 Å². The number of aromatic amines is 1. The van der Waals surface area contributed by atoms with E-state index in [-0.39, 0.29) is 5.91 Å². The molecule has 1 amide bonds. The zero-order valence-corrected chi connectivity index (χ0v) is 16.7. The minimum absolute atomic E-state index is 0.171. The van der Waals surface area contributed by atoms with Crippen LogP contribution in [-0.4, -0.2) is 23.0 Å². The molecule has 0 aliphatic carbocycles. The molecule has 2 heterocycles. The number of amides is 1. The molecule has 0 saturated carbocycles. The summed E-state index contributed by atoms with van der Waals surface area (Å²) in [5.74, 6) is 1.36. The maximum Gasteiger partial charge on any atom is 0.255 e. The van der Waals surface area contributed by atoms with Crippen molar-refractivity contribution in [3.8, 4) is 5.75 Å². The van der Waals surface area contributed by atoms with Gasteiger partial charge >= 0.3 is 0 Å². The van der Waals surface area contributed by atoms with E-state index >= 15 is 0 Å². The fraction of sp³-hybridized carbons (Fsp3) is 0.100. The summed E-state index contributed by atoms with van der Waals surface area (Å²) in [6, 6.07) is 13.3. The van der Waals surface area contributed by atoms with Gasteiger partial charge in [-0.3, -0.25) is 4.79 Å². The van der Waals surface area contributed by atoms with Crippen molar-refractivity contribution in [2.75, 3.05) is 18.2 Å². The van der Waals surface area contributed by atoms with Gasteiger partial charge in [-0.25, -0.2) is 4.98 Å². The molecule has 2 aromatic carbocycles. The normalized spacial score (nSPS) is 10.9. The number of fused-ring (bicyclic) bond motifs is 1. The summed E-state index contributed by atoms with van der Waals surface area (Å²) in [6.07, 6.45) is 0. The maximum absolute atomic E-state index is 12.3. The van der Waals surface area contributed by atoms with Gasteiger partial charge in [0.1, 0.15) is 5.75 Å². The second-order valence-corrected chi connectivity index (χ2v) is 7.81. The predicted octanol–water partition coefficient (Wildman–Crippen LogP) is 4.76. The van der Waals surface area contributed by atoms with Crippen LogP contribution < -0.4 is 15.8 Å². The first-order valence-corrected chi connectivity index (χ1v) is 10.4. The molecule has 0 radical (unpaired) electrons. The van der Waals surface area contributed by atoms with Crippen molar-refractivity contribution in [1.82, 2.24) is 9.97 Å². The van der Waals surface area contributed by atoms with Crippen LogP contribution in [0, 0.1) is 0 Å². The van der Waals surface area contributed by atoms with E-state index in [2.05, 4.69) is 15.3 Å². The molecule has 0 spiro atoms. The number of H-pyrrole nitrogens is 1. The first-order chi connectivity index (χ1) is 13.6. The van der Waals surface area contributed by atoms with Crippen molar-refractivity contribution in [3.05, 3.63) is 64.4 Å². The molecule has 142 valence electrons. The van der Waals surface area contributed by atoms with E-state index in [1.807, 2.05) is 47.8 Å². The van der Waals surface area contributed by atoms with Crippen LogP contribution in [0.5, 0.6) is 5.75 Å². The van der Waals surface area contributed by atoms with Crippen LogP contribution in [0.25, 0.3) is 11.0 Å². The average molecular weight is 411 g/mol. The van der Waals surface area contributed by atoms with Gasteiger partial charge in [-0.1, -0.05) is 23.9 Å². The number of ether oxygens (including phenoxy) is 1. The molecule has 0 aliphatic heterocycles. The SMILES string of the molecule is COc1ccc2[nH]c(SCc3ccc(C(=O)Nc4cscc4N)cc3)nc2c1. The fourth-order valence-electron chi connectivity index (χ4n) is 2.66. The van der Waals surface area contributed by atoms with Crippen LogP contribution in [0.1, 0.15) is 15.9 Å². The first-order valence-electron chi connectivity index (χ1n) is 8.51. The topological polar surface area (TPSA) is 93.0 Å². The zero-order valence-electron chi connectivity index (χ0n) is 15.1. The molecule has 0 fully saturated rings. The molecule has 6 nitrogen and oxygen atoms in total. The number of thioether (sulfide) groups is 1. The second-order valence-electron chi connectivity index (χ2n) is 6.11. The Morgan fingerprint density at radius 1 is 1.25 bits per heavy atom. The predicted molar refractivity (Wildman–Crippen MR) is 115 cm³/mol. The minimum Gasteiger partial charge on any atom is -0.497 e. The minimum atomic E-state index is -0.171. The molecule has 0 unspecified atom stereocenters. The van der Waals surface area contributed by atoms with Crippen LogP contribution in [-0.2, 0) is 5.75 Å². The number of thiophene rings is 1. The number of imidazole rings is 1. The average Bonchev–Trinajstić information content (AvgIpc) is 3.31. The standard InChI is InChI=1S/C20H18N4O2S2/c1-26-14-6-7-16-17(8-14)24-20(23-16)28-9-12-2-4-13(5-3-12)19(25)22-18-11-27-10-15(18)21/h2-8,10-11H,9,21H2,1H3,(H,22,25)(H,23,24). The molecule has 0 saturated heterocycles. The number of nitrogen functional groups attached to an aromatic ring is 1. The van der Waals surface area contributed by atoms with E-state index < -0.39 is 0 Å². The maximum atomic E-state index is 12.3. The Labute approximate surface area is 170 Å². The third-order valence-electron chi connectivity index (χ3n) is 4.20. The van der Waals surface area contributed by atoms with Gasteiger partial charge < -0.3 is 20.8 Å². The molecule has 0 bridgehead atoms. The number of hydrogen-bond acceptors (Lipinski definition) is 6. The van der Waals surface area contributed by atoms with Crippen molar-refractivity contribution in [2.45, 2.75) is 10.9 Å². The van der Waals surface area contributed by atoms with Gasteiger partial charge in [-0.05, 0) is 29.8 Å². The number of aromatic nitrogens is 2. The van der Waals surface area contributed by atoms with Crippen molar-refractivity contribution < 1.29 is 9.53 Å². The number of methoxy groups -OCH3 is 1. The number of nitrogens with two attached hydrogens (primary N) is 1. The third-order valence-corrected chi connectivity index (χ3v) is 5.91. The lowest BCUT2D eigenvalue weighted by molar-refractivity contribution is 0.102. The number of nitrogens with zero attached hydrogens (tertiary/aromatic N) is 1. The summed E-state index contributed by atoms with van der Waals surface area (Å²) in [6.45, 7) is 0. The fourth-order valence-corrected chi connectivity index (χ4v) is 4.18. The quantitative estimate of drug-likeness (QED) is 0.399. The van der Waals surface area contributed by atoms with Crippen molar-refractivity contribution in [1.29, 1.82) is 0 Å². The monoisotopic (exact) mass is 410 g/mol. The highest BCUT2D eigenvalue weighted by Gasteiger charge is 2.09. The molecular weight excluding hydrogens is 392 g/mol. The Balaban J connectivity index is 1.39. The first kappa shape index (κ1) is 18.4. The molecule has 4 rings (SSSR count).